The van der Waals surface area contributed by atoms with E-state index in [1.54, 1.807) is 12.1 Å². The van der Waals surface area contributed by atoms with Gasteiger partial charge in [0.1, 0.15) is 0 Å². The first kappa shape index (κ1) is 19.2. The number of rotatable bonds is 5. The van der Waals surface area contributed by atoms with Crippen LogP contribution in [-0.4, -0.2) is 19.0 Å². The van der Waals surface area contributed by atoms with Gasteiger partial charge in [-0.15, -0.1) is 0 Å². The molecule has 5 heteroatoms. The average Bonchev–Trinajstić information content (AvgIpc) is 2.76. The minimum absolute atomic E-state index is 0.0113. The van der Waals surface area contributed by atoms with Crippen LogP contribution < -0.4 is 10.2 Å². The van der Waals surface area contributed by atoms with Crippen LogP contribution in [0, 0.1) is 5.92 Å². The molecule has 138 valence electrons. The lowest BCUT2D eigenvalue weighted by Crippen LogP contribution is -2.37. The lowest BCUT2D eigenvalue weighted by atomic mass is 9.94. The molecule has 2 aromatic rings. The summed E-state index contributed by atoms with van der Waals surface area (Å²) >= 11 is 12.5. The van der Waals surface area contributed by atoms with E-state index in [0.717, 1.165) is 30.5 Å². The third-order valence-electron chi connectivity index (χ3n) is 5.13. The summed E-state index contributed by atoms with van der Waals surface area (Å²) < 4.78 is 0. The van der Waals surface area contributed by atoms with Crippen LogP contribution in [0.1, 0.15) is 30.9 Å². The van der Waals surface area contributed by atoms with Crippen molar-refractivity contribution in [1.29, 1.82) is 0 Å². The Kier molecular flexibility index (Phi) is 6.23. The van der Waals surface area contributed by atoms with Crippen molar-refractivity contribution >= 4 is 34.8 Å². The van der Waals surface area contributed by atoms with Crippen molar-refractivity contribution in [3.63, 3.8) is 0 Å². The fraction of sp³-hybridized carbons (Fsp3) is 0.381. The lowest BCUT2D eigenvalue weighted by Gasteiger charge is -2.27. The summed E-state index contributed by atoms with van der Waals surface area (Å²) in [6, 6.07) is 13.8. The van der Waals surface area contributed by atoms with Crippen molar-refractivity contribution in [2.45, 2.75) is 38.8 Å². The molecule has 1 amide bonds. The molecule has 0 saturated carbocycles. The van der Waals surface area contributed by atoms with Gasteiger partial charge in [0.2, 0.25) is 5.91 Å². The Morgan fingerprint density at radius 3 is 2.77 bits per heavy atom. The highest BCUT2D eigenvalue weighted by atomic mass is 35.5. The summed E-state index contributed by atoms with van der Waals surface area (Å²) in [6.45, 7) is 2.54. The Labute approximate surface area is 165 Å². The van der Waals surface area contributed by atoms with E-state index in [9.17, 15) is 4.79 Å². The Morgan fingerprint density at radius 2 is 2.00 bits per heavy atom. The van der Waals surface area contributed by atoms with Gasteiger partial charge in [0.25, 0.3) is 0 Å². The number of nitrogens with zero attached hydrogens (tertiary/aromatic N) is 1. The molecule has 0 aromatic heterocycles. The first-order valence-electron chi connectivity index (χ1n) is 9.00. The summed E-state index contributed by atoms with van der Waals surface area (Å²) in [7, 11) is 1.93. The molecule has 3 rings (SSSR count). The molecule has 1 heterocycles. The van der Waals surface area contributed by atoms with Gasteiger partial charge in [0.05, 0.1) is 6.54 Å². The normalized spacial score (nSPS) is 18.4. The number of anilines is 1. The maximum absolute atomic E-state index is 13.4. The molecule has 0 saturated heterocycles. The number of benzene rings is 2. The SMILES string of the molecule is CN[C@@H](C)CC1CCc2ccccc2N(Cc2cc(Cl)ccc2Cl)C1=O. The summed E-state index contributed by atoms with van der Waals surface area (Å²) in [5.74, 6) is 0.149. The second-order valence-electron chi connectivity index (χ2n) is 6.95. The van der Waals surface area contributed by atoms with Gasteiger partial charge in [0.15, 0.2) is 0 Å². The van der Waals surface area contributed by atoms with Crippen molar-refractivity contribution in [2.24, 2.45) is 5.92 Å². The van der Waals surface area contributed by atoms with Gasteiger partial charge in [-0.1, -0.05) is 41.4 Å². The number of para-hydroxylation sites is 1. The number of hydrogen-bond acceptors (Lipinski definition) is 2. The highest BCUT2D eigenvalue weighted by Crippen LogP contribution is 2.33. The molecule has 1 aliphatic heterocycles. The molecule has 0 radical (unpaired) electrons. The molecule has 1 N–H and O–H groups in total. The summed E-state index contributed by atoms with van der Waals surface area (Å²) in [4.78, 5) is 15.3. The van der Waals surface area contributed by atoms with Gasteiger partial charge in [-0.25, -0.2) is 0 Å². The maximum Gasteiger partial charge on any atom is 0.230 e. The zero-order chi connectivity index (χ0) is 18.7. The number of hydrogen-bond donors (Lipinski definition) is 1. The number of halogens is 2. The predicted octanol–water partition coefficient (Wildman–Crippen LogP) is 5.09. The molecule has 0 aliphatic carbocycles. The average molecular weight is 391 g/mol. The number of fused-ring (bicyclic) bond motifs is 1. The summed E-state index contributed by atoms with van der Waals surface area (Å²) in [5, 5.41) is 4.50. The van der Waals surface area contributed by atoms with Gasteiger partial charge in [-0.3, -0.25) is 4.79 Å². The van der Waals surface area contributed by atoms with E-state index in [0.29, 0.717) is 22.6 Å². The predicted molar refractivity (Wildman–Crippen MR) is 109 cm³/mol. The van der Waals surface area contributed by atoms with Crippen LogP contribution in [0.2, 0.25) is 10.0 Å². The standard InChI is InChI=1S/C21H24Cl2N2O/c1-14(24-2)11-16-8-7-15-5-3-4-6-20(15)25(21(16)26)13-17-12-18(22)9-10-19(17)23/h3-6,9-10,12,14,16,24H,7-8,11,13H2,1-2H3/t14-,16?/m0/s1. The van der Waals surface area contributed by atoms with E-state index in [1.165, 1.54) is 5.56 Å². The van der Waals surface area contributed by atoms with E-state index < -0.39 is 0 Å². The van der Waals surface area contributed by atoms with Gasteiger partial charge in [0, 0.05) is 27.7 Å². The minimum Gasteiger partial charge on any atom is -0.317 e. The van der Waals surface area contributed by atoms with E-state index in [4.69, 9.17) is 23.2 Å². The zero-order valence-electron chi connectivity index (χ0n) is 15.1. The lowest BCUT2D eigenvalue weighted by molar-refractivity contribution is -0.123. The molecule has 26 heavy (non-hydrogen) atoms. The Bertz CT molecular complexity index is 793. The molecule has 0 spiro atoms. The minimum atomic E-state index is -0.0113. The molecular weight excluding hydrogens is 367 g/mol. The van der Waals surface area contributed by atoms with Gasteiger partial charge in [-0.05, 0) is 68.6 Å². The first-order valence-corrected chi connectivity index (χ1v) is 9.75. The Balaban J connectivity index is 1.97. The molecule has 2 aromatic carbocycles. The molecule has 1 aliphatic rings. The van der Waals surface area contributed by atoms with Crippen LogP contribution >= 0.6 is 23.2 Å². The molecule has 3 nitrogen and oxygen atoms in total. The third kappa shape index (κ3) is 4.22. The largest absolute Gasteiger partial charge is 0.317 e. The Morgan fingerprint density at radius 1 is 1.23 bits per heavy atom. The van der Waals surface area contributed by atoms with Crippen LogP contribution in [0.4, 0.5) is 5.69 Å². The molecule has 2 atom stereocenters. The van der Waals surface area contributed by atoms with E-state index >= 15 is 0 Å². The third-order valence-corrected chi connectivity index (χ3v) is 5.73. The molecule has 1 unspecified atom stereocenters. The molecule has 0 fully saturated rings. The van der Waals surface area contributed by atoms with Crippen molar-refractivity contribution in [3.05, 3.63) is 63.6 Å². The smallest absolute Gasteiger partial charge is 0.230 e. The van der Waals surface area contributed by atoms with E-state index in [1.807, 2.05) is 36.2 Å². The van der Waals surface area contributed by atoms with Crippen molar-refractivity contribution in [1.82, 2.24) is 5.32 Å². The highest BCUT2D eigenvalue weighted by molar-refractivity contribution is 6.33. The first-order chi connectivity index (χ1) is 12.5. The summed E-state index contributed by atoms with van der Waals surface area (Å²) in [6.07, 6.45) is 2.59. The number of carbonyl (C=O) groups is 1. The van der Waals surface area contributed by atoms with Gasteiger partial charge >= 0.3 is 0 Å². The fourth-order valence-electron chi connectivity index (χ4n) is 3.54. The van der Waals surface area contributed by atoms with E-state index in [-0.39, 0.29) is 11.8 Å². The van der Waals surface area contributed by atoms with Crippen molar-refractivity contribution < 1.29 is 4.79 Å². The van der Waals surface area contributed by atoms with Crippen LogP contribution in [0.3, 0.4) is 0 Å². The topological polar surface area (TPSA) is 32.3 Å². The molecular formula is C21H24Cl2N2O. The van der Waals surface area contributed by atoms with Gasteiger partial charge < -0.3 is 10.2 Å². The van der Waals surface area contributed by atoms with Crippen LogP contribution in [0.15, 0.2) is 42.5 Å². The number of amides is 1. The number of nitrogens with one attached hydrogen (secondary N) is 1. The molecule has 0 bridgehead atoms. The van der Waals surface area contributed by atoms with Crippen molar-refractivity contribution in [3.8, 4) is 0 Å². The Hall–Kier alpha value is -1.55. The second-order valence-corrected chi connectivity index (χ2v) is 7.79. The number of aryl methyl sites for hydroxylation is 1. The van der Waals surface area contributed by atoms with Gasteiger partial charge in [-0.2, -0.15) is 0 Å². The fourth-order valence-corrected chi connectivity index (χ4v) is 3.91. The monoisotopic (exact) mass is 390 g/mol. The van der Waals surface area contributed by atoms with E-state index in [2.05, 4.69) is 18.3 Å². The zero-order valence-corrected chi connectivity index (χ0v) is 16.6. The van der Waals surface area contributed by atoms with Crippen LogP contribution in [0.5, 0.6) is 0 Å². The highest BCUT2D eigenvalue weighted by Gasteiger charge is 2.31. The van der Waals surface area contributed by atoms with Crippen molar-refractivity contribution in [2.75, 3.05) is 11.9 Å². The quantitative estimate of drug-likeness (QED) is 0.770. The number of carbonyl (C=O) groups excluding carboxylic acids is 1. The maximum atomic E-state index is 13.4. The summed E-state index contributed by atoms with van der Waals surface area (Å²) in [5.41, 5.74) is 3.05. The van der Waals surface area contributed by atoms with Crippen LogP contribution in [-0.2, 0) is 17.8 Å². The van der Waals surface area contributed by atoms with Crippen LogP contribution in [0.25, 0.3) is 0 Å². The second kappa shape index (κ2) is 8.43.